The maximum Gasteiger partial charge on any atom is 0.265 e. The second-order valence-corrected chi connectivity index (χ2v) is 8.52. The van der Waals surface area contributed by atoms with E-state index in [1.54, 1.807) is 24.8 Å². The van der Waals surface area contributed by atoms with Gasteiger partial charge in [0.25, 0.3) is 5.91 Å². The number of nitrogens with one attached hydrogen (secondary N) is 2. The molecule has 0 fully saturated rings. The highest BCUT2D eigenvalue weighted by molar-refractivity contribution is 7.98. The van der Waals surface area contributed by atoms with Crippen molar-refractivity contribution in [1.82, 2.24) is 4.98 Å². The predicted molar refractivity (Wildman–Crippen MR) is 130 cm³/mol. The first-order valence-corrected chi connectivity index (χ1v) is 11.4. The number of rotatable bonds is 7. The zero-order chi connectivity index (χ0) is 22.5. The lowest BCUT2D eigenvalue weighted by atomic mass is 10.1. The molecule has 1 aromatic heterocycles. The average molecular weight is 445 g/mol. The van der Waals surface area contributed by atoms with Gasteiger partial charge in [0.15, 0.2) is 11.5 Å². The fourth-order valence-corrected chi connectivity index (χ4v) is 4.31. The highest BCUT2D eigenvalue weighted by Crippen LogP contribution is 2.30. The number of ether oxygens (including phenoxy) is 1. The fraction of sp³-hybridized carbons (Fsp3) is 0.154. The number of pyridine rings is 1. The Morgan fingerprint density at radius 3 is 2.59 bits per heavy atom. The summed E-state index contributed by atoms with van der Waals surface area (Å²) in [7, 11) is 0. The molecule has 0 aliphatic heterocycles. The molecular weight excluding hydrogens is 420 g/mol. The lowest BCUT2D eigenvalue weighted by Crippen LogP contribution is -2.30. The molecule has 32 heavy (non-hydrogen) atoms. The Bertz CT molecular complexity index is 1300. The molecule has 0 unspecified atom stereocenters. The molecule has 0 radical (unpaired) electrons. The van der Waals surface area contributed by atoms with E-state index in [0.29, 0.717) is 22.6 Å². The first-order chi connectivity index (χ1) is 15.5. The molecule has 2 N–H and O–H groups in total. The van der Waals surface area contributed by atoms with E-state index < -0.39 is 6.10 Å². The van der Waals surface area contributed by atoms with Gasteiger partial charge in [-0.1, -0.05) is 42.5 Å². The molecular formula is C26H24N2O3S. The number of aromatic nitrogens is 1. The molecule has 0 bridgehead atoms. The van der Waals surface area contributed by atoms with Crippen molar-refractivity contribution in [1.29, 1.82) is 0 Å². The summed E-state index contributed by atoms with van der Waals surface area (Å²) in [5, 5.41) is 3.65. The molecule has 1 atom stereocenters. The molecule has 5 nitrogen and oxygen atoms in total. The molecule has 4 rings (SSSR count). The van der Waals surface area contributed by atoms with Gasteiger partial charge in [0, 0.05) is 27.8 Å². The maximum absolute atomic E-state index is 12.7. The molecule has 3 aromatic carbocycles. The van der Waals surface area contributed by atoms with Crippen LogP contribution in [0.1, 0.15) is 18.2 Å². The number of thioether (sulfide) groups is 1. The highest BCUT2D eigenvalue weighted by Gasteiger charge is 2.16. The van der Waals surface area contributed by atoms with Crippen LogP contribution in [0.4, 0.5) is 5.69 Å². The third kappa shape index (κ3) is 5.03. The van der Waals surface area contributed by atoms with E-state index in [9.17, 15) is 9.59 Å². The Morgan fingerprint density at radius 1 is 1.03 bits per heavy atom. The number of fused-ring (bicyclic) bond motifs is 1. The summed E-state index contributed by atoms with van der Waals surface area (Å²) in [6, 6.07) is 24.2. The minimum atomic E-state index is -0.643. The zero-order valence-corrected chi connectivity index (χ0v) is 18.7. The predicted octanol–water partition coefficient (Wildman–Crippen LogP) is 5.53. The molecule has 1 amide bonds. The maximum atomic E-state index is 12.7. The number of para-hydroxylation sites is 3. The monoisotopic (exact) mass is 444 g/mol. The van der Waals surface area contributed by atoms with Crippen molar-refractivity contribution in [3.63, 3.8) is 0 Å². The van der Waals surface area contributed by atoms with Crippen LogP contribution in [0, 0.1) is 6.92 Å². The normalized spacial score (nSPS) is 11.8. The first-order valence-electron chi connectivity index (χ1n) is 10.4. The van der Waals surface area contributed by atoms with Crippen LogP contribution in [-0.2, 0) is 10.5 Å². The largest absolute Gasteiger partial charge is 0.481 e. The van der Waals surface area contributed by atoms with Crippen LogP contribution in [0.5, 0.6) is 5.75 Å². The second kappa shape index (κ2) is 9.75. The number of hydrogen-bond donors (Lipinski definition) is 2. The zero-order valence-electron chi connectivity index (χ0n) is 17.9. The van der Waals surface area contributed by atoms with Gasteiger partial charge in [-0.2, -0.15) is 0 Å². The Hall–Kier alpha value is -3.51. The number of carbonyl (C=O) groups is 1. The summed E-state index contributed by atoms with van der Waals surface area (Å²) in [6.45, 7) is 3.71. The summed E-state index contributed by atoms with van der Waals surface area (Å²) in [5.41, 5.74) is 3.45. The van der Waals surface area contributed by atoms with E-state index in [4.69, 9.17) is 4.74 Å². The van der Waals surface area contributed by atoms with E-state index in [1.165, 1.54) is 0 Å². The van der Waals surface area contributed by atoms with Crippen LogP contribution in [0.15, 0.2) is 88.6 Å². The van der Waals surface area contributed by atoms with Crippen LogP contribution in [0.25, 0.3) is 10.9 Å². The van der Waals surface area contributed by atoms with Crippen molar-refractivity contribution in [3.8, 4) is 5.75 Å². The molecule has 0 aliphatic rings. The van der Waals surface area contributed by atoms with E-state index in [-0.39, 0.29) is 11.3 Å². The highest BCUT2D eigenvalue weighted by atomic mass is 32.2. The van der Waals surface area contributed by atoms with E-state index in [1.807, 2.05) is 79.7 Å². The van der Waals surface area contributed by atoms with Gasteiger partial charge in [0.2, 0.25) is 0 Å². The van der Waals surface area contributed by atoms with Crippen LogP contribution < -0.4 is 15.5 Å². The third-order valence-electron chi connectivity index (χ3n) is 5.08. The van der Waals surface area contributed by atoms with Crippen LogP contribution in [0.3, 0.4) is 0 Å². The molecule has 0 saturated carbocycles. The van der Waals surface area contributed by atoms with Crippen molar-refractivity contribution in [2.45, 2.75) is 30.6 Å². The van der Waals surface area contributed by atoms with Gasteiger partial charge in [-0.05, 0) is 49.7 Å². The van der Waals surface area contributed by atoms with Crippen LogP contribution in [-0.4, -0.2) is 17.0 Å². The van der Waals surface area contributed by atoms with Crippen molar-refractivity contribution < 1.29 is 9.53 Å². The molecule has 1 heterocycles. The summed E-state index contributed by atoms with van der Waals surface area (Å²) in [5.74, 6) is 0.993. The average Bonchev–Trinajstić information content (AvgIpc) is 2.80. The van der Waals surface area contributed by atoms with Crippen molar-refractivity contribution in [3.05, 3.63) is 100 Å². The van der Waals surface area contributed by atoms with Gasteiger partial charge >= 0.3 is 0 Å². The van der Waals surface area contributed by atoms with E-state index in [0.717, 1.165) is 21.7 Å². The standard InChI is InChI=1S/C26H24N2O3S/c1-17-9-8-12-21-23(29)15-19(27-25(17)21)16-32-24-14-7-6-13-22(24)28-26(30)18(2)31-20-10-4-3-5-11-20/h3-15,18H,16H2,1-2H3,(H,27,29)(H,28,30)/t18-/m1/s1. The molecule has 6 heteroatoms. The summed E-state index contributed by atoms with van der Waals surface area (Å²) >= 11 is 1.56. The number of aromatic amines is 1. The Balaban J connectivity index is 1.47. The second-order valence-electron chi connectivity index (χ2n) is 7.50. The fourth-order valence-electron chi connectivity index (χ4n) is 3.39. The number of carbonyl (C=O) groups excluding carboxylic acids is 1. The first kappa shape index (κ1) is 21.7. The summed E-state index contributed by atoms with van der Waals surface area (Å²) in [6.07, 6.45) is -0.643. The summed E-state index contributed by atoms with van der Waals surface area (Å²) < 4.78 is 5.72. The van der Waals surface area contributed by atoms with Gasteiger partial charge in [-0.25, -0.2) is 0 Å². The SMILES string of the molecule is Cc1cccc2c(=O)cc(CSc3ccccc3NC(=O)[C@@H](C)Oc3ccccc3)[nH]c12. The minimum Gasteiger partial charge on any atom is -0.481 e. The number of amides is 1. The van der Waals surface area contributed by atoms with Crippen molar-refractivity contribution in [2.75, 3.05) is 5.32 Å². The molecule has 0 spiro atoms. The molecule has 4 aromatic rings. The topological polar surface area (TPSA) is 71.2 Å². The van der Waals surface area contributed by atoms with Crippen LogP contribution in [0.2, 0.25) is 0 Å². The van der Waals surface area contributed by atoms with Crippen LogP contribution >= 0.6 is 11.8 Å². The number of anilines is 1. The molecule has 0 saturated heterocycles. The Labute approximate surface area is 190 Å². The Morgan fingerprint density at radius 2 is 1.78 bits per heavy atom. The summed E-state index contributed by atoms with van der Waals surface area (Å²) in [4.78, 5) is 29.5. The smallest absolute Gasteiger partial charge is 0.265 e. The van der Waals surface area contributed by atoms with E-state index >= 15 is 0 Å². The molecule has 162 valence electrons. The van der Waals surface area contributed by atoms with Crippen molar-refractivity contribution in [2.24, 2.45) is 0 Å². The van der Waals surface area contributed by atoms with Gasteiger partial charge in [0.05, 0.1) is 11.2 Å². The van der Waals surface area contributed by atoms with Gasteiger partial charge in [0.1, 0.15) is 5.75 Å². The van der Waals surface area contributed by atoms with Gasteiger partial charge < -0.3 is 15.0 Å². The number of aryl methyl sites for hydroxylation is 1. The lowest BCUT2D eigenvalue weighted by Gasteiger charge is -2.16. The van der Waals surface area contributed by atoms with E-state index in [2.05, 4.69) is 10.3 Å². The third-order valence-corrected chi connectivity index (χ3v) is 6.20. The van der Waals surface area contributed by atoms with Crippen molar-refractivity contribution >= 4 is 34.3 Å². The van der Waals surface area contributed by atoms with Gasteiger partial charge in [-0.15, -0.1) is 11.8 Å². The quantitative estimate of drug-likeness (QED) is 0.368. The lowest BCUT2D eigenvalue weighted by molar-refractivity contribution is -0.122. The molecule has 0 aliphatic carbocycles. The Kier molecular flexibility index (Phi) is 6.61. The van der Waals surface area contributed by atoms with Gasteiger partial charge in [-0.3, -0.25) is 9.59 Å². The number of hydrogen-bond acceptors (Lipinski definition) is 4. The number of benzene rings is 3. The minimum absolute atomic E-state index is 0.00604. The number of H-pyrrole nitrogens is 1.